The first kappa shape index (κ1) is 17.3. The van der Waals surface area contributed by atoms with E-state index in [2.05, 4.69) is 27.8 Å². The van der Waals surface area contributed by atoms with Gasteiger partial charge in [0.1, 0.15) is 15.8 Å². The molecule has 0 N–H and O–H groups in total. The van der Waals surface area contributed by atoms with Crippen LogP contribution in [0.15, 0.2) is 33.4 Å². The highest BCUT2D eigenvalue weighted by Gasteiger charge is 2.22. The van der Waals surface area contributed by atoms with Crippen LogP contribution in [0.2, 0.25) is 0 Å². The molecule has 2 rings (SSSR count). The quantitative estimate of drug-likeness (QED) is 0.424. The van der Waals surface area contributed by atoms with Crippen molar-refractivity contribution < 1.29 is 14.3 Å². The minimum Gasteiger partial charge on any atom is -0.426 e. The van der Waals surface area contributed by atoms with Crippen molar-refractivity contribution in [2.24, 2.45) is 4.99 Å². The first-order chi connectivity index (χ1) is 10.5. The van der Waals surface area contributed by atoms with Gasteiger partial charge < -0.3 is 4.74 Å². The van der Waals surface area contributed by atoms with Gasteiger partial charge in [0.15, 0.2) is 0 Å². The van der Waals surface area contributed by atoms with E-state index in [1.165, 1.54) is 18.7 Å². The predicted octanol–water partition coefficient (Wildman–Crippen LogP) is 4.49. The highest BCUT2D eigenvalue weighted by molar-refractivity contribution is 9.10. The first-order valence-electron chi connectivity index (χ1n) is 6.63. The van der Waals surface area contributed by atoms with Crippen LogP contribution in [-0.2, 0) is 9.59 Å². The molecule has 0 aliphatic carbocycles. The fourth-order valence-corrected chi connectivity index (χ4v) is 3.89. The van der Waals surface area contributed by atoms with Crippen LogP contribution in [0.3, 0.4) is 0 Å². The number of benzene rings is 1. The van der Waals surface area contributed by atoms with Crippen molar-refractivity contribution in [3.63, 3.8) is 0 Å². The molecule has 0 radical (unpaired) electrons. The number of halogens is 1. The Balaban J connectivity index is 2.18. The molecular formula is C15H14BrNO3S2. The van der Waals surface area contributed by atoms with Crippen LogP contribution in [0.1, 0.15) is 25.8 Å². The van der Waals surface area contributed by atoms with Gasteiger partial charge in [0, 0.05) is 6.92 Å². The summed E-state index contributed by atoms with van der Waals surface area (Å²) in [4.78, 5) is 27.3. The summed E-state index contributed by atoms with van der Waals surface area (Å²) in [5.74, 6) is 1.02. The molecule has 1 aliphatic rings. The summed E-state index contributed by atoms with van der Waals surface area (Å²) < 4.78 is 6.50. The van der Waals surface area contributed by atoms with Crippen molar-refractivity contribution in [1.29, 1.82) is 0 Å². The van der Waals surface area contributed by atoms with Crippen LogP contribution in [0.25, 0.3) is 6.08 Å². The Morgan fingerprint density at radius 1 is 1.50 bits per heavy atom. The first-order valence-corrected chi connectivity index (χ1v) is 9.22. The maximum atomic E-state index is 11.9. The summed E-state index contributed by atoms with van der Waals surface area (Å²) in [6.07, 6.45) is 2.78. The lowest BCUT2D eigenvalue weighted by Gasteiger charge is -2.04. The lowest BCUT2D eigenvalue weighted by atomic mass is 10.2. The molecule has 0 saturated carbocycles. The van der Waals surface area contributed by atoms with E-state index in [0.717, 1.165) is 22.1 Å². The third-order valence-electron chi connectivity index (χ3n) is 2.54. The maximum absolute atomic E-state index is 11.9. The van der Waals surface area contributed by atoms with Gasteiger partial charge in [0.05, 0.1) is 4.47 Å². The number of ether oxygens (including phenoxy) is 1. The van der Waals surface area contributed by atoms with E-state index in [9.17, 15) is 9.59 Å². The lowest BCUT2D eigenvalue weighted by molar-refractivity contribution is -0.131. The predicted molar refractivity (Wildman–Crippen MR) is 96.2 cm³/mol. The molecule has 1 aliphatic heterocycles. The van der Waals surface area contributed by atoms with Crippen LogP contribution < -0.4 is 4.74 Å². The van der Waals surface area contributed by atoms with Gasteiger partial charge in [-0.15, -0.1) is 0 Å². The van der Waals surface area contributed by atoms with Crippen LogP contribution in [0, 0.1) is 0 Å². The van der Waals surface area contributed by atoms with Gasteiger partial charge in [0.2, 0.25) is 5.12 Å². The molecule has 0 spiro atoms. The third kappa shape index (κ3) is 4.72. The van der Waals surface area contributed by atoms with E-state index in [1.807, 2.05) is 0 Å². The van der Waals surface area contributed by atoms with Crippen molar-refractivity contribution in [2.75, 3.05) is 5.75 Å². The van der Waals surface area contributed by atoms with Gasteiger partial charge in [-0.3, -0.25) is 9.59 Å². The molecule has 4 nitrogen and oxygen atoms in total. The number of nitrogens with zero attached hydrogens (tertiary/aromatic N) is 1. The Bertz CT molecular complexity index is 671. The van der Waals surface area contributed by atoms with Crippen LogP contribution >= 0.6 is 39.5 Å². The second-order valence-corrected chi connectivity index (χ2v) is 7.59. The van der Waals surface area contributed by atoms with Gasteiger partial charge in [-0.05, 0) is 63.6 Å². The Kier molecular flexibility index (Phi) is 6.28. The van der Waals surface area contributed by atoms with E-state index >= 15 is 0 Å². The van der Waals surface area contributed by atoms with Gasteiger partial charge in [-0.1, -0.05) is 24.8 Å². The van der Waals surface area contributed by atoms with E-state index in [1.54, 1.807) is 36.0 Å². The molecule has 0 fully saturated rings. The average Bonchev–Trinajstić information content (AvgIpc) is 2.79. The van der Waals surface area contributed by atoms with Crippen molar-refractivity contribution >= 4 is 61.0 Å². The minimum atomic E-state index is -0.378. The minimum absolute atomic E-state index is 0.0428. The molecule has 22 heavy (non-hydrogen) atoms. The lowest BCUT2D eigenvalue weighted by Crippen LogP contribution is -2.01. The van der Waals surface area contributed by atoms with E-state index < -0.39 is 0 Å². The Morgan fingerprint density at radius 2 is 2.27 bits per heavy atom. The summed E-state index contributed by atoms with van der Waals surface area (Å²) in [6.45, 7) is 3.44. The van der Waals surface area contributed by atoms with E-state index in [0.29, 0.717) is 15.9 Å². The van der Waals surface area contributed by atoms with Crippen LogP contribution in [0.5, 0.6) is 5.75 Å². The Labute approximate surface area is 145 Å². The average molecular weight is 400 g/mol. The number of hydrogen-bond donors (Lipinski definition) is 0. The Hall–Kier alpha value is -1.05. The molecule has 1 aromatic carbocycles. The molecular weight excluding hydrogens is 386 g/mol. The number of rotatable bonds is 4. The summed E-state index contributed by atoms with van der Waals surface area (Å²) in [5.41, 5.74) is 1.26. The normalized spacial score (nSPS) is 16.0. The summed E-state index contributed by atoms with van der Waals surface area (Å²) in [7, 11) is 0. The fourth-order valence-electron chi connectivity index (χ4n) is 1.64. The molecule has 1 heterocycles. The second kappa shape index (κ2) is 7.99. The van der Waals surface area contributed by atoms with Crippen LogP contribution in [0.4, 0.5) is 0 Å². The number of thioether (sulfide) groups is 2. The standard InChI is InChI=1S/C15H14BrNO3S2/c1-3-6-21-15-17-12(14(19)22-15)8-10-4-5-13(11(16)7-10)20-9(2)18/h4-5,7-8H,3,6H2,1-2H3. The zero-order chi connectivity index (χ0) is 16.1. The maximum Gasteiger partial charge on any atom is 0.308 e. The third-order valence-corrected chi connectivity index (χ3v) is 5.38. The molecule has 7 heteroatoms. The smallest absolute Gasteiger partial charge is 0.308 e. The molecule has 0 atom stereocenters. The zero-order valence-electron chi connectivity index (χ0n) is 12.1. The summed E-state index contributed by atoms with van der Waals surface area (Å²) in [5, 5.41) is -0.0428. The molecule has 116 valence electrons. The van der Waals surface area contributed by atoms with Gasteiger partial charge in [-0.25, -0.2) is 4.99 Å². The van der Waals surface area contributed by atoms with Crippen molar-refractivity contribution in [2.45, 2.75) is 20.3 Å². The highest BCUT2D eigenvalue weighted by atomic mass is 79.9. The topological polar surface area (TPSA) is 55.7 Å². The second-order valence-electron chi connectivity index (χ2n) is 4.43. The number of esters is 1. The van der Waals surface area contributed by atoms with Gasteiger partial charge >= 0.3 is 5.97 Å². The van der Waals surface area contributed by atoms with Crippen molar-refractivity contribution in [3.05, 3.63) is 33.9 Å². The SMILES string of the molecule is CCCSC1=NC(=Cc2ccc(OC(C)=O)c(Br)c2)C(=O)S1. The van der Waals surface area contributed by atoms with Crippen LogP contribution in [-0.4, -0.2) is 21.2 Å². The molecule has 0 saturated heterocycles. The molecule has 0 amide bonds. The fraction of sp³-hybridized carbons (Fsp3) is 0.267. The van der Waals surface area contributed by atoms with E-state index in [-0.39, 0.29) is 11.1 Å². The number of carbonyl (C=O) groups is 2. The Morgan fingerprint density at radius 3 is 2.91 bits per heavy atom. The molecule has 1 aromatic rings. The molecule has 0 unspecified atom stereocenters. The summed E-state index contributed by atoms with van der Waals surface area (Å²) >= 11 is 6.12. The van der Waals surface area contributed by atoms with Gasteiger partial charge in [0.25, 0.3) is 0 Å². The monoisotopic (exact) mass is 399 g/mol. The molecule has 0 bridgehead atoms. The van der Waals surface area contributed by atoms with E-state index in [4.69, 9.17) is 4.74 Å². The zero-order valence-corrected chi connectivity index (χ0v) is 15.3. The van der Waals surface area contributed by atoms with Crippen molar-refractivity contribution in [1.82, 2.24) is 0 Å². The number of carbonyl (C=O) groups excluding carboxylic acids is 2. The number of hydrogen-bond acceptors (Lipinski definition) is 6. The highest BCUT2D eigenvalue weighted by Crippen LogP contribution is 2.32. The number of aliphatic imine (C=N–C) groups is 1. The van der Waals surface area contributed by atoms with Gasteiger partial charge in [-0.2, -0.15) is 0 Å². The summed E-state index contributed by atoms with van der Waals surface area (Å²) in [6, 6.07) is 5.25. The largest absolute Gasteiger partial charge is 0.426 e. The van der Waals surface area contributed by atoms with Crippen molar-refractivity contribution in [3.8, 4) is 5.75 Å². The molecule has 0 aromatic heterocycles.